The first-order valence-electron chi connectivity index (χ1n) is 4.58. The molecule has 7 heteroatoms. The lowest BCUT2D eigenvalue weighted by Gasteiger charge is -2.06. The number of hydrogen-bond donors (Lipinski definition) is 2. The summed E-state index contributed by atoms with van der Waals surface area (Å²) >= 11 is 7.57. The number of hydrogen-bond acceptors (Lipinski definition) is 6. The van der Waals surface area contributed by atoms with E-state index in [-0.39, 0.29) is 5.82 Å². The number of nitrogen functional groups attached to an aromatic ring is 1. The quantitative estimate of drug-likeness (QED) is 0.878. The van der Waals surface area contributed by atoms with Crippen LogP contribution < -0.4 is 11.1 Å². The summed E-state index contributed by atoms with van der Waals surface area (Å²) in [6, 6.07) is 0. The van der Waals surface area contributed by atoms with E-state index in [2.05, 4.69) is 20.3 Å². The van der Waals surface area contributed by atoms with Crippen molar-refractivity contribution < 1.29 is 0 Å². The van der Waals surface area contributed by atoms with E-state index in [1.54, 1.807) is 11.3 Å². The van der Waals surface area contributed by atoms with Crippen molar-refractivity contribution in [1.29, 1.82) is 0 Å². The average molecular weight is 256 g/mol. The first kappa shape index (κ1) is 11.1. The third kappa shape index (κ3) is 2.40. The summed E-state index contributed by atoms with van der Waals surface area (Å²) in [5.74, 6) is 0.819. The minimum absolute atomic E-state index is 0.277. The first-order valence-corrected chi connectivity index (χ1v) is 5.77. The summed E-state index contributed by atoms with van der Waals surface area (Å²) in [6.07, 6.45) is 3.20. The number of nitrogens with zero attached hydrogens (tertiary/aromatic N) is 3. The van der Waals surface area contributed by atoms with Gasteiger partial charge in [0.2, 0.25) is 0 Å². The Morgan fingerprint density at radius 3 is 2.94 bits per heavy atom. The molecule has 0 aromatic carbocycles. The van der Waals surface area contributed by atoms with Crippen molar-refractivity contribution in [1.82, 2.24) is 15.0 Å². The minimum Gasteiger partial charge on any atom is -0.382 e. The standard InChI is InChI=1S/C9H10ClN5S/c1-5-12-2-6(16-5)3-13-9-7(10)8(11)14-4-15-9/h2,4H,3H2,1H3,(H3,11,13,14,15). The van der Waals surface area contributed by atoms with Gasteiger partial charge in [0.05, 0.1) is 11.6 Å². The predicted molar refractivity (Wildman–Crippen MR) is 65.6 cm³/mol. The van der Waals surface area contributed by atoms with Crippen LogP contribution in [0.25, 0.3) is 0 Å². The highest BCUT2D eigenvalue weighted by atomic mass is 35.5. The fourth-order valence-corrected chi connectivity index (χ4v) is 2.06. The molecule has 0 amide bonds. The van der Waals surface area contributed by atoms with Crippen molar-refractivity contribution in [3.63, 3.8) is 0 Å². The SMILES string of the molecule is Cc1ncc(CNc2ncnc(N)c2Cl)s1. The van der Waals surface area contributed by atoms with Crippen LogP contribution in [-0.4, -0.2) is 15.0 Å². The molecule has 0 aliphatic rings. The van der Waals surface area contributed by atoms with Gasteiger partial charge in [0.15, 0.2) is 5.82 Å². The molecule has 3 N–H and O–H groups in total. The van der Waals surface area contributed by atoms with Crippen LogP contribution in [0.15, 0.2) is 12.5 Å². The van der Waals surface area contributed by atoms with E-state index in [0.717, 1.165) is 9.88 Å². The maximum Gasteiger partial charge on any atom is 0.150 e. The molecular formula is C9H10ClN5S. The van der Waals surface area contributed by atoms with Crippen molar-refractivity contribution in [3.05, 3.63) is 27.4 Å². The molecule has 2 heterocycles. The van der Waals surface area contributed by atoms with E-state index >= 15 is 0 Å². The van der Waals surface area contributed by atoms with E-state index in [4.69, 9.17) is 17.3 Å². The van der Waals surface area contributed by atoms with E-state index in [9.17, 15) is 0 Å². The molecule has 0 saturated carbocycles. The number of rotatable bonds is 3. The minimum atomic E-state index is 0.277. The number of nitrogens with two attached hydrogens (primary N) is 1. The van der Waals surface area contributed by atoms with Gasteiger partial charge in [0.1, 0.15) is 17.2 Å². The fourth-order valence-electron chi connectivity index (χ4n) is 1.16. The summed E-state index contributed by atoms with van der Waals surface area (Å²) in [7, 11) is 0. The van der Waals surface area contributed by atoms with Gasteiger partial charge in [-0.2, -0.15) is 0 Å². The molecular weight excluding hydrogens is 246 g/mol. The molecule has 84 valence electrons. The van der Waals surface area contributed by atoms with Crippen LogP contribution >= 0.6 is 22.9 Å². The normalized spacial score (nSPS) is 10.4. The van der Waals surface area contributed by atoms with Crippen LogP contribution in [-0.2, 0) is 6.54 Å². The van der Waals surface area contributed by atoms with Crippen LogP contribution in [0.1, 0.15) is 9.88 Å². The highest BCUT2D eigenvalue weighted by Gasteiger charge is 2.06. The highest BCUT2D eigenvalue weighted by Crippen LogP contribution is 2.24. The monoisotopic (exact) mass is 255 g/mol. The van der Waals surface area contributed by atoms with Crippen molar-refractivity contribution in [2.24, 2.45) is 0 Å². The Labute approximate surface area is 102 Å². The predicted octanol–water partition coefficient (Wildman–Crippen LogP) is 2.09. The van der Waals surface area contributed by atoms with Gasteiger partial charge in [0, 0.05) is 11.1 Å². The smallest absolute Gasteiger partial charge is 0.150 e. The zero-order valence-corrected chi connectivity index (χ0v) is 10.1. The summed E-state index contributed by atoms with van der Waals surface area (Å²) in [6.45, 7) is 2.59. The van der Waals surface area contributed by atoms with E-state index in [1.165, 1.54) is 6.33 Å². The molecule has 0 aliphatic heterocycles. The molecule has 5 nitrogen and oxygen atoms in total. The second kappa shape index (κ2) is 4.63. The van der Waals surface area contributed by atoms with E-state index < -0.39 is 0 Å². The molecule has 0 aliphatic carbocycles. The Bertz CT molecular complexity index is 498. The van der Waals surface area contributed by atoms with Gasteiger partial charge in [0.25, 0.3) is 0 Å². The second-order valence-electron chi connectivity index (χ2n) is 3.12. The zero-order valence-electron chi connectivity index (χ0n) is 8.57. The average Bonchev–Trinajstić information content (AvgIpc) is 2.67. The lowest BCUT2D eigenvalue weighted by atomic mass is 10.5. The highest BCUT2D eigenvalue weighted by molar-refractivity contribution is 7.11. The van der Waals surface area contributed by atoms with Crippen LogP contribution in [0, 0.1) is 6.92 Å². The van der Waals surface area contributed by atoms with E-state index in [0.29, 0.717) is 17.4 Å². The van der Waals surface area contributed by atoms with Crippen molar-refractivity contribution in [2.75, 3.05) is 11.1 Å². The number of thiazole rings is 1. The van der Waals surface area contributed by atoms with Crippen LogP contribution in [0.3, 0.4) is 0 Å². The molecule has 2 aromatic rings. The van der Waals surface area contributed by atoms with Gasteiger partial charge in [-0.1, -0.05) is 11.6 Å². The van der Waals surface area contributed by atoms with Crippen LogP contribution in [0.5, 0.6) is 0 Å². The van der Waals surface area contributed by atoms with Crippen LogP contribution in [0.4, 0.5) is 11.6 Å². The second-order valence-corrected chi connectivity index (χ2v) is 4.82. The molecule has 0 fully saturated rings. The Balaban J connectivity index is 2.07. The molecule has 0 radical (unpaired) electrons. The summed E-state index contributed by atoms with van der Waals surface area (Å²) in [4.78, 5) is 13.1. The zero-order chi connectivity index (χ0) is 11.5. The Morgan fingerprint density at radius 1 is 1.44 bits per heavy atom. The van der Waals surface area contributed by atoms with Gasteiger partial charge in [-0.15, -0.1) is 11.3 Å². The molecule has 0 spiro atoms. The fraction of sp³-hybridized carbons (Fsp3) is 0.222. The number of nitrogens with one attached hydrogen (secondary N) is 1. The maximum absolute atomic E-state index is 5.94. The molecule has 0 bridgehead atoms. The van der Waals surface area contributed by atoms with Gasteiger partial charge in [-0.05, 0) is 6.92 Å². The van der Waals surface area contributed by atoms with Gasteiger partial charge in [-0.3, -0.25) is 0 Å². The largest absolute Gasteiger partial charge is 0.382 e. The van der Waals surface area contributed by atoms with Crippen LogP contribution in [0.2, 0.25) is 5.02 Å². The molecule has 16 heavy (non-hydrogen) atoms. The molecule has 2 aromatic heterocycles. The Kier molecular flexibility index (Phi) is 3.21. The summed E-state index contributed by atoms with van der Waals surface area (Å²) < 4.78 is 0. The molecule has 0 saturated heterocycles. The topological polar surface area (TPSA) is 76.7 Å². The first-order chi connectivity index (χ1) is 7.66. The number of anilines is 2. The van der Waals surface area contributed by atoms with Crippen molar-refractivity contribution >= 4 is 34.6 Å². The molecule has 2 rings (SSSR count). The Hall–Kier alpha value is -1.40. The third-order valence-corrected chi connectivity index (χ3v) is 3.20. The van der Waals surface area contributed by atoms with Crippen molar-refractivity contribution in [3.8, 4) is 0 Å². The molecule has 0 atom stereocenters. The van der Waals surface area contributed by atoms with Gasteiger partial charge < -0.3 is 11.1 Å². The lowest BCUT2D eigenvalue weighted by Crippen LogP contribution is -2.03. The Morgan fingerprint density at radius 2 is 2.25 bits per heavy atom. The van der Waals surface area contributed by atoms with Gasteiger partial charge >= 0.3 is 0 Å². The lowest BCUT2D eigenvalue weighted by molar-refractivity contribution is 1.10. The van der Waals surface area contributed by atoms with E-state index in [1.807, 2.05) is 13.1 Å². The van der Waals surface area contributed by atoms with Crippen molar-refractivity contribution in [2.45, 2.75) is 13.5 Å². The summed E-state index contributed by atoms with van der Waals surface area (Å²) in [5, 5.41) is 4.47. The number of aryl methyl sites for hydroxylation is 1. The summed E-state index contributed by atoms with van der Waals surface area (Å²) in [5.41, 5.74) is 5.56. The molecule has 0 unspecified atom stereocenters. The maximum atomic E-state index is 5.94. The number of aromatic nitrogens is 3. The number of halogens is 1. The third-order valence-electron chi connectivity index (χ3n) is 1.92. The van der Waals surface area contributed by atoms with Gasteiger partial charge in [-0.25, -0.2) is 15.0 Å².